The smallest absolute Gasteiger partial charge is 0.262 e. The van der Waals surface area contributed by atoms with E-state index in [-0.39, 0.29) is 19.0 Å². The lowest BCUT2D eigenvalue weighted by Crippen LogP contribution is -2.19. The van der Waals surface area contributed by atoms with Crippen molar-refractivity contribution in [3.63, 3.8) is 0 Å². The molecule has 0 saturated carbocycles. The fourth-order valence-corrected chi connectivity index (χ4v) is 2.46. The summed E-state index contributed by atoms with van der Waals surface area (Å²) in [5.41, 5.74) is 2.88. The Hall–Kier alpha value is -1.68. The van der Waals surface area contributed by atoms with Gasteiger partial charge in [0.25, 0.3) is 5.92 Å². The van der Waals surface area contributed by atoms with E-state index in [1.54, 1.807) is 6.20 Å². The van der Waals surface area contributed by atoms with E-state index >= 15 is 0 Å². The predicted octanol–water partition coefficient (Wildman–Crippen LogP) is 3.35. The Labute approximate surface area is 104 Å². The van der Waals surface area contributed by atoms with Crippen LogP contribution in [0.5, 0.6) is 0 Å². The van der Waals surface area contributed by atoms with Gasteiger partial charge in [-0.3, -0.25) is 0 Å². The molecular formula is C14H14F2N2. The first-order valence-corrected chi connectivity index (χ1v) is 6.00. The molecule has 2 N–H and O–H groups in total. The summed E-state index contributed by atoms with van der Waals surface area (Å²) < 4.78 is 26.5. The molecule has 0 amide bonds. The fraction of sp³-hybridized carbons (Fsp3) is 0.286. The maximum atomic E-state index is 13.2. The Kier molecular flexibility index (Phi) is 2.67. The van der Waals surface area contributed by atoms with Crippen molar-refractivity contribution >= 4 is 0 Å². The SMILES string of the molecule is FC1(F)CN[C@H](c2[nH]ccc2-c2ccccc2)C1. The number of aromatic amines is 1. The van der Waals surface area contributed by atoms with Crippen LogP contribution in [0.15, 0.2) is 42.6 Å². The van der Waals surface area contributed by atoms with Crippen LogP contribution in [-0.4, -0.2) is 17.5 Å². The van der Waals surface area contributed by atoms with E-state index < -0.39 is 5.92 Å². The number of hydrogen-bond donors (Lipinski definition) is 2. The Bertz CT molecular complexity index is 534. The molecule has 1 atom stereocenters. The number of H-pyrrole nitrogens is 1. The molecule has 0 spiro atoms. The van der Waals surface area contributed by atoms with Crippen molar-refractivity contribution in [2.45, 2.75) is 18.4 Å². The van der Waals surface area contributed by atoms with E-state index in [0.717, 1.165) is 16.8 Å². The summed E-state index contributed by atoms with van der Waals surface area (Å²) in [5, 5.41) is 2.88. The van der Waals surface area contributed by atoms with Crippen molar-refractivity contribution in [3.8, 4) is 11.1 Å². The minimum absolute atomic E-state index is 0.145. The van der Waals surface area contributed by atoms with Crippen LogP contribution < -0.4 is 5.32 Å². The van der Waals surface area contributed by atoms with E-state index in [2.05, 4.69) is 10.3 Å². The van der Waals surface area contributed by atoms with Gasteiger partial charge in [0.2, 0.25) is 0 Å². The largest absolute Gasteiger partial charge is 0.363 e. The first kappa shape index (κ1) is 11.4. The highest BCUT2D eigenvalue weighted by molar-refractivity contribution is 5.66. The fourth-order valence-electron chi connectivity index (χ4n) is 2.46. The van der Waals surface area contributed by atoms with Gasteiger partial charge in [0, 0.05) is 23.9 Å². The second kappa shape index (κ2) is 4.21. The monoisotopic (exact) mass is 248 g/mol. The van der Waals surface area contributed by atoms with E-state index in [9.17, 15) is 8.78 Å². The molecule has 1 aliphatic rings. The van der Waals surface area contributed by atoms with E-state index in [4.69, 9.17) is 0 Å². The van der Waals surface area contributed by atoms with Crippen molar-refractivity contribution in [1.82, 2.24) is 10.3 Å². The second-order valence-electron chi connectivity index (χ2n) is 4.66. The van der Waals surface area contributed by atoms with Crippen LogP contribution in [0.2, 0.25) is 0 Å². The summed E-state index contributed by atoms with van der Waals surface area (Å²) in [7, 11) is 0. The van der Waals surface area contributed by atoms with Crippen molar-refractivity contribution in [2.75, 3.05) is 6.54 Å². The zero-order valence-electron chi connectivity index (χ0n) is 9.79. The molecule has 1 saturated heterocycles. The number of rotatable bonds is 2. The first-order chi connectivity index (χ1) is 8.66. The highest BCUT2D eigenvalue weighted by atomic mass is 19.3. The Morgan fingerprint density at radius 3 is 2.56 bits per heavy atom. The number of nitrogens with one attached hydrogen (secondary N) is 2. The highest BCUT2D eigenvalue weighted by Gasteiger charge is 2.40. The van der Waals surface area contributed by atoms with Crippen LogP contribution >= 0.6 is 0 Å². The molecular weight excluding hydrogens is 234 g/mol. The molecule has 18 heavy (non-hydrogen) atoms. The van der Waals surface area contributed by atoms with Crippen LogP contribution in [-0.2, 0) is 0 Å². The quantitative estimate of drug-likeness (QED) is 0.838. The minimum Gasteiger partial charge on any atom is -0.363 e. The van der Waals surface area contributed by atoms with Crippen molar-refractivity contribution in [2.24, 2.45) is 0 Å². The lowest BCUT2D eigenvalue weighted by atomic mass is 10.0. The zero-order chi connectivity index (χ0) is 12.6. The third kappa shape index (κ3) is 2.04. The predicted molar refractivity (Wildman–Crippen MR) is 66.5 cm³/mol. The Morgan fingerprint density at radius 1 is 1.11 bits per heavy atom. The van der Waals surface area contributed by atoms with Crippen LogP contribution in [0, 0.1) is 0 Å². The molecule has 1 aromatic carbocycles. The highest BCUT2D eigenvalue weighted by Crippen LogP contribution is 2.37. The maximum absolute atomic E-state index is 13.2. The summed E-state index contributed by atoms with van der Waals surface area (Å²) in [6, 6.07) is 11.4. The van der Waals surface area contributed by atoms with Gasteiger partial charge in [-0.1, -0.05) is 30.3 Å². The van der Waals surface area contributed by atoms with Gasteiger partial charge in [-0.2, -0.15) is 0 Å². The summed E-state index contributed by atoms with van der Waals surface area (Å²) in [6.45, 7) is -0.245. The summed E-state index contributed by atoms with van der Waals surface area (Å²) in [4.78, 5) is 3.09. The van der Waals surface area contributed by atoms with E-state index in [0.29, 0.717) is 0 Å². The van der Waals surface area contributed by atoms with E-state index in [1.165, 1.54) is 0 Å². The van der Waals surface area contributed by atoms with Gasteiger partial charge in [-0.25, -0.2) is 8.78 Å². The Balaban J connectivity index is 1.94. The van der Waals surface area contributed by atoms with Gasteiger partial charge in [0.1, 0.15) is 0 Å². The van der Waals surface area contributed by atoms with Crippen LogP contribution in [0.1, 0.15) is 18.2 Å². The maximum Gasteiger partial charge on any atom is 0.262 e. The van der Waals surface area contributed by atoms with Gasteiger partial charge in [0.05, 0.1) is 12.6 Å². The number of alkyl halides is 2. The zero-order valence-corrected chi connectivity index (χ0v) is 9.79. The molecule has 2 nitrogen and oxygen atoms in total. The second-order valence-corrected chi connectivity index (χ2v) is 4.66. The van der Waals surface area contributed by atoms with Crippen molar-refractivity contribution in [3.05, 3.63) is 48.3 Å². The average molecular weight is 248 g/mol. The molecule has 2 aromatic rings. The number of halogens is 2. The molecule has 3 rings (SSSR count). The molecule has 4 heteroatoms. The Morgan fingerprint density at radius 2 is 1.89 bits per heavy atom. The normalized spacial score (nSPS) is 22.2. The molecule has 1 aliphatic heterocycles. The molecule has 0 radical (unpaired) electrons. The molecule has 0 unspecified atom stereocenters. The van der Waals surface area contributed by atoms with Crippen LogP contribution in [0.4, 0.5) is 8.78 Å². The standard InChI is InChI=1S/C14H14F2N2/c15-14(16)8-12(18-9-14)13-11(6-7-17-13)10-4-2-1-3-5-10/h1-7,12,17-18H,8-9H2/t12-/m0/s1. The lowest BCUT2D eigenvalue weighted by molar-refractivity contribution is 0.0209. The topological polar surface area (TPSA) is 27.8 Å². The first-order valence-electron chi connectivity index (χ1n) is 6.00. The molecule has 2 heterocycles. The van der Waals surface area contributed by atoms with Gasteiger partial charge < -0.3 is 10.3 Å². The summed E-state index contributed by atoms with van der Waals surface area (Å²) >= 11 is 0. The number of benzene rings is 1. The number of hydrogen-bond acceptors (Lipinski definition) is 1. The lowest BCUT2D eigenvalue weighted by Gasteiger charge is -2.12. The van der Waals surface area contributed by atoms with Gasteiger partial charge in [-0.05, 0) is 11.6 Å². The molecule has 0 aliphatic carbocycles. The molecule has 1 aromatic heterocycles. The third-order valence-electron chi connectivity index (χ3n) is 3.32. The van der Waals surface area contributed by atoms with E-state index in [1.807, 2.05) is 36.4 Å². The minimum atomic E-state index is -2.61. The number of aromatic nitrogens is 1. The van der Waals surface area contributed by atoms with Gasteiger partial charge in [-0.15, -0.1) is 0 Å². The van der Waals surface area contributed by atoms with Gasteiger partial charge >= 0.3 is 0 Å². The third-order valence-corrected chi connectivity index (χ3v) is 3.32. The summed E-state index contributed by atoms with van der Waals surface area (Å²) in [5.74, 6) is -2.61. The molecule has 0 bridgehead atoms. The average Bonchev–Trinajstić information content (AvgIpc) is 2.96. The van der Waals surface area contributed by atoms with Gasteiger partial charge in [0.15, 0.2) is 0 Å². The van der Waals surface area contributed by atoms with Crippen LogP contribution in [0.25, 0.3) is 11.1 Å². The van der Waals surface area contributed by atoms with Crippen molar-refractivity contribution in [1.29, 1.82) is 0 Å². The molecule has 1 fully saturated rings. The van der Waals surface area contributed by atoms with Crippen LogP contribution in [0.3, 0.4) is 0 Å². The summed E-state index contributed by atoms with van der Waals surface area (Å²) in [6.07, 6.45) is 1.66. The molecule has 94 valence electrons. The van der Waals surface area contributed by atoms with Crippen molar-refractivity contribution < 1.29 is 8.78 Å².